The van der Waals surface area contributed by atoms with Gasteiger partial charge in [-0.25, -0.2) is 4.98 Å². The van der Waals surface area contributed by atoms with Gasteiger partial charge in [0.1, 0.15) is 0 Å². The van der Waals surface area contributed by atoms with Crippen molar-refractivity contribution < 1.29 is 0 Å². The molecule has 1 rings (SSSR count). The van der Waals surface area contributed by atoms with E-state index in [4.69, 9.17) is 6.42 Å². The quantitative estimate of drug-likeness (QED) is 0.768. The number of hydrogen-bond acceptors (Lipinski definition) is 3. The van der Waals surface area contributed by atoms with E-state index in [1.165, 1.54) is 9.88 Å². The molecule has 1 heterocycles. The van der Waals surface area contributed by atoms with Crippen molar-refractivity contribution in [1.29, 1.82) is 0 Å². The summed E-state index contributed by atoms with van der Waals surface area (Å²) in [5, 5.41) is 4.46. The van der Waals surface area contributed by atoms with Gasteiger partial charge >= 0.3 is 0 Å². The third-order valence-electron chi connectivity index (χ3n) is 2.08. The predicted octanol–water partition coefficient (Wildman–Crippen LogP) is 2.30. The van der Waals surface area contributed by atoms with Gasteiger partial charge in [-0.15, -0.1) is 17.8 Å². The van der Waals surface area contributed by atoms with Gasteiger partial charge in [-0.3, -0.25) is 5.32 Å². The molecule has 0 aliphatic rings. The summed E-state index contributed by atoms with van der Waals surface area (Å²) in [6.07, 6.45) is 6.21. The van der Waals surface area contributed by atoms with Crippen molar-refractivity contribution >= 4 is 11.3 Å². The lowest BCUT2D eigenvalue weighted by Gasteiger charge is -2.09. The van der Waals surface area contributed by atoms with Crippen molar-refractivity contribution in [1.82, 2.24) is 10.3 Å². The number of nitrogens with one attached hydrogen (secondary N) is 1. The molecule has 3 heteroatoms. The van der Waals surface area contributed by atoms with Crippen molar-refractivity contribution in [3.05, 3.63) is 15.6 Å². The van der Waals surface area contributed by atoms with E-state index in [0.29, 0.717) is 12.6 Å². The second-order valence-corrected chi connectivity index (χ2v) is 4.33. The number of nitrogens with zero attached hydrogens (tertiary/aromatic N) is 1. The van der Waals surface area contributed by atoms with Crippen LogP contribution >= 0.6 is 11.3 Å². The number of aryl methyl sites for hydroxylation is 2. The molecule has 0 bridgehead atoms. The van der Waals surface area contributed by atoms with E-state index in [-0.39, 0.29) is 0 Å². The number of terminal acetylenes is 1. The van der Waals surface area contributed by atoms with Gasteiger partial charge in [0.2, 0.25) is 0 Å². The van der Waals surface area contributed by atoms with Crippen molar-refractivity contribution in [2.24, 2.45) is 0 Å². The van der Waals surface area contributed by atoms with Gasteiger partial charge in [-0.2, -0.15) is 0 Å². The summed E-state index contributed by atoms with van der Waals surface area (Å²) in [5.74, 6) is 2.58. The van der Waals surface area contributed by atoms with Crippen LogP contribution in [0, 0.1) is 19.3 Å². The number of hydrogen-bond donors (Lipinski definition) is 1. The second-order valence-electron chi connectivity index (χ2n) is 3.22. The monoisotopic (exact) mass is 208 g/mol. The Balaban J connectivity index is 2.74. The van der Waals surface area contributed by atoms with E-state index < -0.39 is 0 Å². The molecule has 14 heavy (non-hydrogen) atoms. The zero-order valence-electron chi connectivity index (χ0n) is 8.92. The molecule has 0 saturated heterocycles. The van der Waals surface area contributed by atoms with Crippen LogP contribution in [0.4, 0.5) is 0 Å². The van der Waals surface area contributed by atoms with E-state index in [0.717, 1.165) is 12.1 Å². The first kappa shape index (κ1) is 11.2. The Morgan fingerprint density at radius 2 is 2.36 bits per heavy atom. The summed E-state index contributed by atoms with van der Waals surface area (Å²) in [7, 11) is 0. The molecule has 76 valence electrons. The van der Waals surface area contributed by atoms with E-state index in [1.54, 1.807) is 11.3 Å². The molecule has 1 aromatic heterocycles. The Bertz CT molecular complexity index is 336. The Kier molecular flexibility index (Phi) is 4.12. The average Bonchev–Trinajstić information content (AvgIpc) is 2.56. The van der Waals surface area contributed by atoms with Crippen LogP contribution in [0.15, 0.2) is 0 Å². The fourth-order valence-corrected chi connectivity index (χ4v) is 2.36. The minimum absolute atomic E-state index is 0.309. The molecule has 2 nitrogen and oxygen atoms in total. The van der Waals surface area contributed by atoms with Crippen molar-refractivity contribution in [3.63, 3.8) is 0 Å². The molecule has 1 unspecified atom stereocenters. The van der Waals surface area contributed by atoms with Gasteiger partial charge in [-0.05, 0) is 20.3 Å². The Labute approximate surface area is 89.8 Å². The zero-order valence-corrected chi connectivity index (χ0v) is 9.74. The van der Waals surface area contributed by atoms with Gasteiger partial charge in [0.05, 0.1) is 17.2 Å². The van der Waals surface area contributed by atoms with Crippen LogP contribution in [0.2, 0.25) is 0 Å². The van der Waals surface area contributed by atoms with Gasteiger partial charge in [0.25, 0.3) is 0 Å². The van der Waals surface area contributed by atoms with Gasteiger partial charge in [0.15, 0.2) is 0 Å². The maximum absolute atomic E-state index is 5.20. The summed E-state index contributed by atoms with van der Waals surface area (Å²) in [4.78, 5) is 5.79. The van der Waals surface area contributed by atoms with Crippen LogP contribution < -0.4 is 5.32 Å². The van der Waals surface area contributed by atoms with Crippen molar-refractivity contribution in [2.75, 3.05) is 6.54 Å². The highest BCUT2D eigenvalue weighted by Crippen LogP contribution is 2.24. The van der Waals surface area contributed by atoms with Crippen LogP contribution in [0.25, 0.3) is 0 Å². The molecule has 0 fully saturated rings. The van der Waals surface area contributed by atoms with Crippen LogP contribution in [0.1, 0.15) is 35.5 Å². The maximum atomic E-state index is 5.20. The zero-order chi connectivity index (χ0) is 10.6. The summed E-state index contributed by atoms with van der Waals surface area (Å²) in [6.45, 7) is 6.91. The maximum Gasteiger partial charge on any atom is 0.0928 e. The smallest absolute Gasteiger partial charge is 0.0928 e. The largest absolute Gasteiger partial charge is 0.299 e. The normalized spacial score (nSPS) is 12.4. The van der Waals surface area contributed by atoms with Crippen LogP contribution in [-0.2, 0) is 6.42 Å². The number of rotatable bonds is 4. The van der Waals surface area contributed by atoms with E-state index in [2.05, 4.69) is 37.0 Å². The van der Waals surface area contributed by atoms with E-state index in [1.807, 2.05) is 0 Å². The Hall–Kier alpha value is -0.850. The molecule has 1 aromatic rings. The minimum Gasteiger partial charge on any atom is -0.299 e. The fraction of sp³-hybridized carbons (Fsp3) is 0.545. The average molecular weight is 208 g/mol. The Morgan fingerprint density at radius 1 is 1.64 bits per heavy atom. The van der Waals surface area contributed by atoms with Gasteiger partial charge < -0.3 is 0 Å². The molecule has 0 spiro atoms. The number of aromatic nitrogens is 1. The predicted molar refractivity (Wildman–Crippen MR) is 61.5 cm³/mol. The molecule has 0 aromatic carbocycles. The van der Waals surface area contributed by atoms with Gasteiger partial charge in [-0.1, -0.05) is 12.8 Å². The van der Waals surface area contributed by atoms with E-state index >= 15 is 0 Å². The third-order valence-corrected chi connectivity index (χ3v) is 3.57. The molecule has 1 atom stereocenters. The molecular weight excluding hydrogens is 192 g/mol. The highest BCUT2D eigenvalue weighted by molar-refractivity contribution is 7.11. The van der Waals surface area contributed by atoms with Crippen molar-refractivity contribution in [2.45, 2.75) is 33.2 Å². The molecule has 0 amide bonds. The molecule has 0 saturated carbocycles. The highest BCUT2D eigenvalue weighted by Gasteiger charge is 2.12. The lowest BCUT2D eigenvalue weighted by atomic mass is 10.2. The topological polar surface area (TPSA) is 24.9 Å². The second kappa shape index (κ2) is 5.14. The lowest BCUT2D eigenvalue weighted by Crippen LogP contribution is -2.18. The van der Waals surface area contributed by atoms with E-state index in [9.17, 15) is 0 Å². The molecule has 1 N–H and O–H groups in total. The lowest BCUT2D eigenvalue weighted by molar-refractivity contribution is 0.629. The third kappa shape index (κ3) is 2.57. The summed E-state index contributed by atoms with van der Waals surface area (Å²) < 4.78 is 0. The number of thiazole rings is 1. The summed E-state index contributed by atoms with van der Waals surface area (Å²) >= 11 is 1.78. The van der Waals surface area contributed by atoms with Crippen LogP contribution in [0.3, 0.4) is 0 Å². The minimum atomic E-state index is 0.309. The van der Waals surface area contributed by atoms with Crippen LogP contribution in [-0.4, -0.2) is 11.5 Å². The SMILES string of the molecule is C#CCNC(C)c1sc(CC)nc1C. The van der Waals surface area contributed by atoms with Crippen LogP contribution in [0.5, 0.6) is 0 Å². The summed E-state index contributed by atoms with van der Waals surface area (Å²) in [6, 6.07) is 0.309. The van der Waals surface area contributed by atoms with Gasteiger partial charge in [0, 0.05) is 10.9 Å². The fourth-order valence-electron chi connectivity index (χ4n) is 1.32. The molecule has 0 radical (unpaired) electrons. The Morgan fingerprint density at radius 3 is 2.86 bits per heavy atom. The standard InChI is InChI=1S/C11H16N2S/c1-5-7-12-8(3)11-9(4)13-10(6-2)14-11/h1,8,12H,6-7H2,2-4H3. The molecule has 0 aliphatic heterocycles. The first-order valence-electron chi connectivity index (χ1n) is 4.82. The first-order valence-corrected chi connectivity index (χ1v) is 5.63. The van der Waals surface area contributed by atoms with Crippen molar-refractivity contribution in [3.8, 4) is 12.3 Å². The molecule has 0 aliphatic carbocycles. The first-order chi connectivity index (χ1) is 6.69. The highest BCUT2D eigenvalue weighted by atomic mass is 32.1. The summed E-state index contributed by atoms with van der Waals surface area (Å²) in [5.41, 5.74) is 1.13. The molecular formula is C11H16N2S.